The Morgan fingerprint density at radius 3 is 2.53 bits per heavy atom. The Labute approximate surface area is 177 Å². The molecule has 160 valence electrons. The smallest absolute Gasteiger partial charge is 0.227 e. The van der Waals surface area contributed by atoms with Crippen LogP contribution in [0.25, 0.3) is 0 Å². The van der Waals surface area contributed by atoms with Crippen molar-refractivity contribution in [3.05, 3.63) is 52.6 Å². The Kier molecular flexibility index (Phi) is 7.03. The number of rotatable bonds is 6. The molecule has 1 fully saturated rings. The van der Waals surface area contributed by atoms with Crippen molar-refractivity contribution in [2.24, 2.45) is 0 Å². The number of nitrogens with one attached hydrogen (secondary N) is 1. The van der Waals surface area contributed by atoms with Crippen LogP contribution in [0.2, 0.25) is 0 Å². The number of methoxy groups -OCH3 is 1. The van der Waals surface area contributed by atoms with Crippen molar-refractivity contribution in [2.45, 2.75) is 45.4 Å². The summed E-state index contributed by atoms with van der Waals surface area (Å²) >= 11 is 0. The van der Waals surface area contributed by atoms with E-state index in [2.05, 4.69) is 5.32 Å². The lowest BCUT2D eigenvalue weighted by Gasteiger charge is -2.32. The monoisotopic (exact) mass is 410 g/mol. The minimum atomic E-state index is -0.0525. The number of benzene rings is 1. The lowest BCUT2D eigenvalue weighted by molar-refractivity contribution is -0.131. The van der Waals surface area contributed by atoms with Gasteiger partial charge < -0.3 is 15.0 Å². The molecule has 2 aromatic rings. The summed E-state index contributed by atoms with van der Waals surface area (Å²) in [4.78, 5) is 36.0. The summed E-state index contributed by atoms with van der Waals surface area (Å²) in [6, 6.07) is 7.63. The molecule has 1 saturated heterocycles. The summed E-state index contributed by atoms with van der Waals surface area (Å²) in [5.41, 5.74) is 3.43. The molecular formula is C23H30N4O3. The first kappa shape index (κ1) is 21.7. The van der Waals surface area contributed by atoms with Crippen molar-refractivity contribution in [1.29, 1.82) is 0 Å². The van der Waals surface area contributed by atoms with E-state index in [1.165, 1.54) is 0 Å². The Morgan fingerprint density at radius 2 is 1.87 bits per heavy atom. The lowest BCUT2D eigenvalue weighted by Crippen LogP contribution is -2.40. The molecule has 0 bridgehead atoms. The number of likely N-dealkylation sites (N-methyl/N-ethyl adjacent to an activating group) is 1. The van der Waals surface area contributed by atoms with Gasteiger partial charge in [0.1, 0.15) is 11.6 Å². The summed E-state index contributed by atoms with van der Waals surface area (Å²) < 4.78 is 5.38. The zero-order chi connectivity index (χ0) is 21.7. The number of para-hydroxylation sites is 1. The zero-order valence-corrected chi connectivity index (χ0v) is 18.2. The van der Waals surface area contributed by atoms with Gasteiger partial charge in [-0.1, -0.05) is 18.2 Å². The number of hydrogen-bond acceptors (Lipinski definition) is 5. The first-order valence-corrected chi connectivity index (χ1v) is 10.4. The minimum Gasteiger partial charge on any atom is -0.496 e. The highest BCUT2D eigenvalue weighted by molar-refractivity contribution is 5.80. The van der Waals surface area contributed by atoms with Crippen LogP contribution in [0.4, 0.5) is 0 Å². The van der Waals surface area contributed by atoms with Gasteiger partial charge in [0.15, 0.2) is 0 Å². The molecule has 3 rings (SSSR count). The number of amides is 2. The SMILES string of the molecule is CNC(=O)Cc1c(C)nc(C2CCCN(C(=O)Cc3ccccc3OC)C2)nc1C. The Morgan fingerprint density at radius 1 is 1.17 bits per heavy atom. The van der Waals surface area contributed by atoms with E-state index in [4.69, 9.17) is 14.7 Å². The molecule has 1 aliphatic rings. The number of carbonyl (C=O) groups is 2. The van der Waals surface area contributed by atoms with Crippen molar-refractivity contribution >= 4 is 11.8 Å². The highest BCUT2D eigenvalue weighted by Gasteiger charge is 2.28. The average molecular weight is 411 g/mol. The minimum absolute atomic E-state index is 0.0525. The third kappa shape index (κ3) is 4.96. The Hall–Kier alpha value is -2.96. The molecule has 0 spiro atoms. The quantitative estimate of drug-likeness (QED) is 0.790. The third-order valence-electron chi connectivity index (χ3n) is 5.73. The van der Waals surface area contributed by atoms with Gasteiger partial charge in [-0.05, 0) is 32.8 Å². The maximum atomic E-state index is 12.9. The number of nitrogens with zero attached hydrogens (tertiary/aromatic N) is 3. The highest BCUT2D eigenvalue weighted by Crippen LogP contribution is 2.27. The van der Waals surface area contributed by atoms with E-state index in [1.807, 2.05) is 43.0 Å². The number of ether oxygens (including phenoxy) is 1. The number of hydrogen-bond donors (Lipinski definition) is 1. The van der Waals surface area contributed by atoms with Crippen LogP contribution in [-0.4, -0.2) is 53.9 Å². The summed E-state index contributed by atoms with van der Waals surface area (Å²) in [6.45, 7) is 5.20. The largest absolute Gasteiger partial charge is 0.496 e. The number of carbonyl (C=O) groups excluding carboxylic acids is 2. The summed E-state index contributed by atoms with van der Waals surface area (Å²) in [7, 11) is 3.25. The van der Waals surface area contributed by atoms with Gasteiger partial charge >= 0.3 is 0 Å². The number of piperidine rings is 1. The van der Waals surface area contributed by atoms with Gasteiger partial charge in [0.05, 0.1) is 20.0 Å². The third-order valence-corrected chi connectivity index (χ3v) is 5.73. The molecule has 2 amide bonds. The summed E-state index contributed by atoms with van der Waals surface area (Å²) in [6.07, 6.45) is 2.47. The number of likely N-dealkylation sites (tertiary alicyclic amines) is 1. The summed E-state index contributed by atoms with van der Waals surface area (Å²) in [5.74, 6) is 1.64. The van der Waals surface area contributed by atoms with Gasteiger partial charge in [-0.15, -0.1) is 0 Å². The molecular weight excluding hydrogens is 380 g/mol. The van der Waals surface area contributed by atoms with Gasteiger partial charge in [-0.25, -0.2) is 9.97 Å². The van der Waals surface area contributed by atoms with E-state index >= 15 is 0 Å². The van der Waals surface area contributed by atoms with Crippen molar-refractivity contribution in [2.75, 3.05) is 27.2 Å². The van der Waals surface area contributed by atoms with E-state index in [9.17, 15) is 9.59 Å². The second-order valence-electron chi connectivity index (χ2n) is 7.75. The van der Waals surface area contributed by atoms with E-state index < -0.39 is 0 Å². The summed E-state index contributed by atoms with van der Waals surface area (Å²) in [5, 5.41) is 2.64. The van der Waals surface area contributed by atoms with Gasteiger partial charge in [0, 0.05) is 48.6 Å². The van der Waals surface area contributed by atoms with Crippen LogP contribution in [-0.2, 0) is 22.4 Å². The average Bonchev–Trinajstić information content (AvgIpc) is 2.76. The van der Waals surface area contributed by atoms with Crippen LogP contribution in [0.5, 0.6) is 5.75 Å². The highest BCUT2D eigenvalue weighted by atomic mass is 16.5. The van der Waals surface area contributed by atoms with Gasteiger partial charge in [-0.3, -0.25) is 9.59 Å². The van der Waals surface area contributed by atoms with Crippen molar-refractivity contribution in [1.82, 2.24) is 20.2 Å². The van der Waals surface area contributed by atoms with Crippen LogP contribution >= 0.6 is 0 Å². The fourth-order valence-corrected chi connectivity index (χ4v) is 3.99. The molecule has 0 radical (unpaired) electrons. The molecule has 0 saturated carbocycles. The first-order chi connectivity index (χ1) is 14.4. The lowest BCUT2D eigenvalue weighted by atomic mass is 9.95. The molecule has 1 aromatic heterocycles. The van der Waals surface area contributed by atoms with Crippen LogP contribution in [0.3, 0.4) is 0 Å². The number of aromatic nitrogens is 2. The van der Waals surface area contributed by atoms with Gasteiger partial charge in [0.2, 0.25) is 11.8 Å². The second kappa shape index (κ2) is 9.69. The standard InChI is InChI=1S/C23H30N4O3/c1-15-19(13-21(28)24-3)16(2)26-23(25-15)18-9-7-11-27(14-18)22(29)12-17-8-5-6-10-20(17)30-4/h5-6,8,10,18H,7,9,11-14H2,1-4H3,(H,24,28). The fraction of sp³-hybridized carbons (Fsp3) is 0.478. The molecule has 1 N–H and O–H groups in total. The maximum absolute atomic E-state index is 12.9. The van der Waals surface area contributed by atoms with E-state index in [0.717, 1.165) is 53.5 Å². The van der Waals surface area contributed by atoms with Crippen LogP contribution in [0, 0.1) is 13.8 Å². The van der Waals surface area contributed by atoms with Crippen molar-refractivity contribution in [3.63, 3.8) is 0 Å². The van der Waals surface area contributed by atoms with Crippen molar-refractivity contribution < 1.29 is 14.3 Å². The normalized spacial score (nSPS) is 16.3. The Balaban J connectivity index is 1.73. The van der Waals surface area contributed by atoms with Crippen molar-refractivity contribution in [3.8, 4) is 5.75 Å². The molecule has 2 heterocycles. The maximum Gasteiger partial charge on any atom is 0.227 e. The fourth-order valence-electron chi connectivity index (χ4n) is 3.99. The molecule has 1 unspecified atom stereocenters. The molecule has 1 aliphatic heterocycles. The van der Waals surface area contributed by atoms with E-state index in [-0.39, 0.29) is 24.2 Å². The van der Waals surface area contributed by atoms with Gasteiger partial charge in [-0.2, -0.15) is 0 Å². The predicted octanol–water partition coefficient (Wildman–Crippen LogP) is 2.34. The van der Waals surface area contributed by atoms with Crippen LogP contribution in [0.15, 0.2) is 24.3 Å². The Bertz CT molecular complexity index is 905. The predicted molar refractivity (Wildman–Crippen MR) is 115 cm³/mol. The van der Waals surface area contributed by atoms with E-state index in [1.54, 1.807) is 14.2 Å². The number of aryl methyl sites for hydroxylation is 2. The molecule has 1 atom stereocenters. The molecule has 7 nitrogen and oxygen atoms in total. The zero-order valence-electron chi connectivity index (χ0n) is 18.2. The second-order valence-corrected chi connectivity index (χ2v) is 7.75. The topological polar surface area (TPSA) is 84.4 Å². The van der Waals surface area contributed by atoms with Gasteiger partial charge in [0.25, 0.3) is 0 Å². The molecule has 7 heteroatoms. The van der Waals surface area contributed by atoms with Crippen LogP contribution in [0.1, 0.15) is 47.1 Å². The molecule has 1 aromatic carbocycles. The molecule has 0 aliphatic carbocycles. The first-order valence-electron chi connectivity index (χ1n) is 10.4. The molecule has 30 heavy (non-hydrogen) atoms. The van der Waals surface area contributed by atoms with E-state index in [0.29, 0.717) is 13.0 Å². The van der Waals surface area contributed by atoms with Crippen LogP contribution < -0.4 is 10.1 Å².